The Morgan fingerprint density at radius 1 is 0.706 bits per heavy atom. The van der Waals surface area contributed by atoms with Gasteiger partial charge in [0.05, 0.1) is 28.7 Å². The van der Waals surface area contributed by atoms with Crippen molar-refractivity contribution >= 4 is 66.7 Å². The Labute approximate surface area is 315 Å². The number of aromatic amines is 2. The molecule has 0 unspecified atom stereocenters. The number of benzene rings is 4. The number of imide groups is 1. The number of imidazole rings is 2. The van der Waals surface area contributed by atoms with E-state index in [0.29, 0.717) is 12.8 Å². The van der Waals surface area contributed by atoms with Gasteiger partial charge in [0.1, 0.15) is 17.4 Å². The molecular weight excluding hydrogens is 770 g/mol. The maximum absolute atomic E-state index is 10.4. The number of amides is 2. The summed E-state index contributed by atoms with van der Waals surface area (Å²) in [7, 11) is 0. The van der Waals surface area contributed by atoms with E-state index in [4.69, 9.17) is 0 Å². The highest BCUT2D eigenvalue weighted by Gasteiger charge is 2.26. The summed E-state index contributed by atoms with van der Waals surface area (Å²) in [5.74, 6) is 0.830. The number of rotatable bonds is 3. The number of hydrogen-bond donors (Lipinski definition) is 2. The Morgan fingerprint density at radius 3 is 1.82 bits per heavy atom. The molecule has 258 valence electrons. The first-order valence-electron chi connectivity index (χ1n) is 16.2. The topological polar surface area (TPSA) is 95.6 Å². The van der Waals surface area contributed by atoms with E-state index in [1.807, 2.05) is 71.6 Å². The molecule has 8 aromatic rings. The zero-order chi connectivity index (χ0) is 34.9. The third kappa shape index (κ3) is 8.99. The van der Waals surface area contributed by atoms with Crippen molar-refractivity contribution in [2.24, 2.45) is 0 Å². The first kappa shape index (κ1) is 36.8. The van der Waals surface area contributed by atoms with Crippen molar-refractivity contribution in [3.63, 3.8) is 0 Å². The molecule has 4 aromatic heterocycles. The molecule has 9 nitrogen and oxygen atoms in total. The molecule has 1 fully saturated rings. The van der Waals surface area contributed by atoms with E-state index in [1.54, 1.807) is 12.5 Å². The van der Waals surface area contributed by atoms with Crippen molar-refractivity contribution in [3.05, 3.63) is 164 Å². The van der Waals surface area contributed by atoms with E-state index in [1.165, 1.54) is 32.9 Å². The van der Waals surface area contributed by atoms with Gasteiger partial charge in [-0.25, -0.2) is 18.0 Å². The predicted molar refractivity (Wildman–Crippen MR) is 211 cm³/mol. The summed E-state index contributed by atoms with van der Waals surface area (Å²) < 4.78 is 7.19. The van der Waals surface area contributed by atoms with Crippen LogP contribution in [0.4, 0.5) is 0 Å². The van der Waals surface area contributed by atoms with Gasteiger partial charge in [0, 0.05) is 59.0 Å². The van der Waals surface area contributed by atoms with Gasteiger partial charge in [-0.3, -0.25) is 14.6 Å². The lowest BCUT2D eigenvalue weighted by Gasteiger charge is -1.98. The average molecular weight is 809 g/mol. The number of carbonyl (C=O) groups excluding carboxylic acids is 2. The third-order valence-corrected chi connectivity index (χ3v) is 9.03. The number of halogens is 2. The second-order valence-electron chi connectivity index (χ2n) is 11.6. The fraction of sp³-hybridized carbons (Fsp3) is 0.100. The number of nitrogens with one attached hydrogen (secondary N) is 2. The van der Waals surface area contributed by atoms with Gasteiger partial charge < -0.3 is 9.55 Å². The van der Waals surface area contributed by atoms with Gasteiger partial charge in [-0.05, 0) is 55.8 Å². The van der Waals surface area contributed by atoms with Gasteiger partial charge in [0.2, 0.25) is 17.6 Å². The molecule has 5 heterocycles. The highest BCUT2D eigenvalue weighted by atomic mass is 79.9. The monoisotopic (exact) mass is 806 g/mol. The molecule has 0 bridgehead atoms. The molecular formula is C40H38Br2N7O2+. The summed E-state index contributed by atoms with van der Waals surface area (Å²) in [5.41, 5.74) is 7.27. The molecule has 0 aliphatic carbocycles. The van der Waals surface area contributed by atoms with Crippen LogP contribution in [0.3, 0.4) is 0 Å². The fourth-order valence-corrected chi connectivity index (χ4v) is 5.90. The Morgan fingerprint density at radius 2 is 1.27 bits per heavy atom. The van der Waals surface area contributed by atoms with Crippen molar-refractivity contribution < 1.29 is 14.2 Å². The predicted octanol–water partition coefficient (Wildman–Crippen LogP) is 8.92. The summed E-state index contributed by atoms with van der Waals surface area (Å²) in [5, 5.41) is 2.59. The van der Waals surface area contributed by atoms with Gasteiger partial charge in [-0.2, -0.15) is 0 Å². The SMILES string of the molecule is Br.Cc1c(-[n+]2ccn(-c3ccccc3)c2)[nH]c2ccccc12.Cc1c[nH]c2ccccc12.O=C1CCC(=O)N1Br.c1ccc(-n2ccnc2)cc1. The molecule has 0 saturated carbocycles. The molecule has 1 aliphatic rings. The lowest BCUT2D eigenvalue weighted by molar-refractivity contribution is -0.598. The molecule has 4 aromatic carbocycles. The molecule has 1 aliphatic heterocycles. The van der Waals surface area contributed by atoms with Crippen LogP contribution < -0.4 is 4.57 Å². The molecule has 0 atom stereocenters. The van der Waals surface area contributed by atoms with Crippen LogP contribution in [0, 0.1) is 13.8 Å². The minimum absolute atomic E-state index is 0. The smallest absolute Gasteiger partial charge is 0.239 e. The van der Waals surface area contributed by atoms with Gasteiger partial charge in [0.15, 0.2) is 6.33 Å². The fourth-order valence-electron chi connectivity index (χ4n) is 5.54. The van der Waals surface area contributed by atoms with Crippen molar-refractivity contribution in [1.29, 1.82) is 0 Å². The van der Waals surface area contributed by atoms with E-state index in [2.05, 4.69) is 127 Å². The van der Waals surface area contributed by atoms with Gasteiger partial charge in [-0.1, -0.05) is 72.8 Å². The maximum Gasteiger partial charge on any atom is 0.239 e. The number of nitrogens with zero attached hydrogens (tertiary/aromatic N) is 5. The van der Waals surface area contributed by atoms with Crippen molar-refractivity contribution in [2.45, 2.75) is 26.7 Å². The minimum atomic E-state index is -0.144. The molecule has 0 radical (unpaired) electrons. The summed E-state index contributed by atoms with van der Waals surface area (Å²) in [6.45, 7) is 4.26. The van der Waals surface area contributed by atoms with Crippen molar-refractivity contribution in [3.8, 4) is 17.2 Å². The van der Waals surface area contributed by atoms with Crippen LogP contribution in [-0.2, 0) is 9.59 Å². The zero-order valence-electron chi connectivity index (χ0n) is 28.2. The highest BCUT2D eigenvalue weighted by Crippen LogP contribution is 2.21. The van der Waals surface area contributed by atoms with E-state index >= 15 is 0 Å². The number of fused-ring (bicyclic) bond motifs is 2. The minimum Gasteiger partial charge on any atom is -0.361 e. The van der Waals surface area contributed by atoms with Crippen LogP contribution in [0.25, 0.3) is 39.0 Å². The first-order valence-corrected chi connectivity index (χ1v) is 16.9. The second-order valence-corrected chi connectivity index (χ2v) is 12.3. The van der Waals surface area contributed by atoms with Crippen molar-refractivity contribution in [2.75, 3.05) is 0 Å². The number of aryl methyl sites for hydroxylation is 2. The molecule has 9 rings (SSSR count). The first-order chi connectivity index (χ1) is 24.4. The van der Waals surface area contributed by atoms with E-state index in [9.17, 15) is 9.59 Å². The highest BCUT2D eigenvalue weighted by molar-refractivity contribution is 9.08. The summed E-state index contributed by atoms with van der Waals surface area (Å²) >= 11 is 2.80. The van der Waals surface area contributed by atoms with Gasteiger partial charge in [-0.15, -0.1) is 17.0 Å². The van der Waals surface area contributed by atoms with Gasteiger partial charge >= 0.3 is 0 Å². The number of para-hydroxylation sites is 4. The largest absolute Gasteiger partial charge is 0.361 e. The Balaban J connectivity index is 0.000000142. The van der Waals surface area contributed by atoms with E-state index in [0.717, 1.165) is 21.1 Å². The third-order valence-electron chi connectivity index (χ3n) is 8.23. The van der Waals surface area contributed by atoms with Crippen LogP contribution >= 0.6 is 33.1 Å². The molecule has 1 saturated heterocycles. The standard InChI is InChI=1S/C18H16N3.C9H8N2.C9H9N.C4H4BrNO2.BrH/c1-14-16-9-5-6-10-17(16)19-18(14)21-12-11-20(13-21)15-7-3-2-4-8-15;1-2-4-9(5-3-1)11-7-6-10-8-11;1-7-6-10-9-5-3-2-4-8(7)9;5-6-3(7)1-2-4(6)8;/h2-13,19H,1H3;1-8H;2-6,10H,1H3;1-2H2;1H/q+1;;;;. The van der Waals surface area contributed by atoms with Crippen LogP contribution in [0.15, 0.2) is 153 Å². The van der Waals surface area contributed by atoms with Crippen molar-refractivity contribution in [1.82, 2.24) is 28.0 Å². The number of carbonyl (C=O) groups is 2. The van der Waals surface area contributed by atoms with E-state index < -0.39 is 0 Å². The normalized spacial score (nSPS) is 11.9. The Bertz CT molecular complexity index is 2300. The summed E-state index contributed by atoms with van der Waals surface area (Å²) in [6.07, 6.45) is 14.5. The number of hydrogen-bond acceptors (Lipinski definition) is 3. The lowest BCUT2D eigenvalue weighted by atomic mass is 10.2. The molecule has 0 spiro atoms. The Kier molecular flexibility index (Phi) is 12.6. The molecule has 2 N–H and O–H groups in total. The zero-order valence-corrected chi connectivity index (χ0v) is 31.5. The van der Waals surface area contributed by atoms with Crippen LogP contribution in [0.5, 0.6) is 0 Å². The van der Waals surface area contributed by atoms with Crippen LogP contribution in [0.2, 0.25) is 0 Å². The number of aromatic nitrogens is 6. The van der Waals surface area contributed by atoms with Crippen LogP contribution in [0.1, 0.15) is 24.0 Å². The lowest BCUT2D eigenvalue weighted by Crippen LogP contribution is -2.29. The second kappa shape index (κ2) is 17.4. The Hall–Kier alpha value is -5.52. The van der Waals surface area contributed by atoms with Gasteiger partial charge in [0.25, 0.3) is 0 Å². The molecule has 11 heteroatoms. The average Bonchev–Trinajstić information content (AvgIpc) is 4.02. The van der Waals surface area contributed by atoms with E-state index in [-0.39, 0.29) is 28.8 Å². The summed E-state index contributed by atoms with van der Waals surface area (Å²) in [4.78, 5) is 31.5. The summed E-state index contributed by atoms with van der Waals surface area (Å²) in [6, 6.07) is 37.1. The van der Waals surface area contributed by atoms with Crippen LogP contribution in [-0.4, -0.2) is 39.8 Å². The molecule has 2 amide bonds. The maximum atomic E-state index is 10.4. The quantitative estimate of drug-likeness (QED) is 0.106. The number of H-pyrrole nitrogens is 2. The molecule has 51 heavy (non-hydrogen) atoms.